The summed E-state index contributed by atoms with van der Waals surface area (Å²) in [5.74, 6) is -1.98. The van der Waals surface area contributed by atoms with E-state index in [1.54, 1.807) is 6.92 Å². The van der Waals surface area contributed by atoms with Crippen LogP contribution >= 0.6 is 0 Å². The number of ether oxygens (including phenoxy) is 1. The second-order valence-corrected chi connectivity index (χ2v) is 7.95. The zero-order valence-electron chi connectivity index (χ0n) is 14.9. The normalized spacial score (nSPS) is 14.0. The molecular formula is C16H24N2O6S. The Bertz CT molecular complexity index is 745. The number of carbonyl (C=O) groups excluding carboxylic acids is 1. The van der Waals surface area contributed by atoms with Crippen LogP contribution in [0.15, 0.2) is 23.1 Å². The van der Waals surface area contributed by atoms with Crippen LogP contribution in [0.1, 0.15) is 30.6 Å². The summed E-state index contributed by atoms with van der Waals surface area (Å²) in [5.41, 5.74) is 0.0378. The Kier molecular flexibility index (Phi) is 6.95. The highest BCUT2D eigenvalue weighted by Gasteiger charge is 2.28. The lowest BCUT2D eigenvalue weighted by atomic mass is 9.99. The summed E-state index contributed by atoms with van der Waals surface area (Å²) in [5, 5.41) is 11.7. The zero-order valence-corrected chi connectivity index (χ0v) is 15.8. The minimum atomic E-state index is -3.83. The molecule has 0 spiro atoms. The third-order valence-electron chi connectivity index (χ3n) is 3.95. The highest BCUT2D eigenvalue weighted by Crippen LogP contribution is 2.27. The monoisotopic (exact) mass is 372 g/mol. The van der Waals surface area contributed by atoms with Crippen molar-refractivity contribution >= 4 is 21.9 Å². The SMILES string of the molecule is CC[C@H](C)[C@H](NC(=O)c1ccc(OC)c(S(=O)(=O)N(C)C)c1)C(=O)O. The molecule has 1 amide bonds. The molecular weight excluding hydrogens is 348 g/mol. The number of rotatable bonds is 8. The Balaban J connectivity index is 3.26. The third-order valence-corrected chi connectivity index (χ3v) is 5.79. The lowest BCUT2D eigenvalue weighted by Crippen LogP contribution is -2.45. The minimum Gasteiger partial charge on any atom is -0.495 e. The number of carboxylic acids is 1. The molecule has 0 saturated carbocycles. The summed E-state index contributed by atoms with van der Waals surface area (Å²) in [6, 6.07) is 2.87. The van der Waals surface area contributed by atoms with E-state index in [0.29, 0.717) is 6.42 Å². The molecule has 1 rings (SSSR count). The number of nitrogens with zero attached hydrogens (tertiary/aromatic N) is 1. The van der Waals surface area contributed by atoms with E-state index in [0.717, 1.165) is 4.31 Å². The van der Waals surface area contributed by atoms with Gasteiger partial charge in [0, 0.05) is 19.7 Å². The van der Waals surface area contributed by atoms with Crippen molar-refractivity contribution in [1.29, 1.82) is 0 Å². The Morgan fingerprint density at radius 3 is 2.36 bits per heavy atom. The van der Waals surface area contributed by atoms with Crippen LogP contribution in [0, 0.1) is 5.92 Å². The number of benzene rings is 1. The maximum atomic E-state index is 12.4. The molecule has 2 N–H and O–H groups in total. The molecule has 0 unspecified atom stereocenters. The van der Waals surface area contributed by atoms with Crippen LogP contribution in [0.5, 0.6) is 5.75 Å². The maximum absolute atomic E-state index is 12.4. The average Bonchev–Trinajstić information content (AvgIpc) is 2.57. The second kappa shape index (κ2) is 8.30. The first-order chi connectivity index (χ1) is 11.6. The van der Waals surface area contributed by atoms with Crippen LogP contribution in [0.2, 0.25) is 0 Å². The molecule has 25 heavy (non-hydrogen) atoms. The summed E-state index contributed by atoms with van der Waals surface area (Å²) in [6.45, 7) is 3.54. The van der Waals surface area contributed by atoms with Gasteiger partial charge in [-0.1, -0.05) is 20.3 Å². The number of carboxylic acid groups (broad SMARTS) is 1. The lowest BCUT2D eigenvalue weighted by molar-refractivity contribution is -0.140. The van der Waals surface area contributed by atoms with Crippen molar-refractivity contribution in [2.75, 3.05) is 21.2 Å². The van der Waals surface area contributed by atoms with Crippen molar-refractivity contribution in [3.63, 3.8) is 0 Å². The van der Waals surface area contributed by atoms with Gasteiger partial charge in [0.05, 0.1) is 7.11 Å². The van der Waals surface area contributed by atoms with Gasteiger partial charge in [-0.15, -0.1) is 0 Å². The molecule has 0 bridgehead atoms. The Morgan fingerprint density at radius 2 is 1.92 bits per heavy atom. The highest BCUT2D eigenvalue weighted by molar-refractivity contribution is 7.89. The lowest BCUT2D eigenvalue weighted by Gasteiger charge is -2.20. The number of hydrogen-bond donors (Lipinski definition) is 2. The number of hydrogen-bond acceptors (Lipinski definition) is 5. The van der Waals surface area contributed by atoms with Crippen LogP contribution < -0.4 is 10.1 Å². The maximum Gasteiger partial charge on any atom is 0.326 e. The molecule has 0 aliphatic rings. The number of aliphatic carboxylic acids is 1. The van der Waals surface area contributed by atoms with Gasteiger partial charge in [-0.05, 0) is 24.1 Å². The highest BCUT2D eigenvalue weighted by atomic mass is 32.2. The predicted octanol–water partition coefficient (Wildman–Crippen LogP) is 1.17. The van der Waals surface area contributed by atoms with Gasteiger partial charge in [-0.25, -0.2) is 17.5 Å². The molecule has 0 saturated heterocycles. The van der Waals surface area contributed by atoms with E-state index in [4.69, 9.17) is 4.74 Å². The quantitative estimate of drug-likeness (QED) is 0.708. The first kappa shape index (κ1) is 20.9. The number of nitrogens with one attached hydrogen (secondary N) is 1. The summed E-state index contributed by atoms with van der Waals surface area (Å²) in [4.78, 5) is 23.6. The summed E-state index contributed by atoms with van der Waals surface area (Å²) in [7, 11) is 0.229. The molecule has 0 fully saturated rings. The van der Waals surface area contributed by atoms with E-state index in [1.807, 2.05) is 6.92 Å². The van der Waals surface area contributed by atoms with E-state index in [2.05, 4.69) is 5.32 Å². The van der Waals surface area contributed by atoms with Crippen molar-refractivity contribution in [3.8, 4) is 5.75 Å². The van der Waals surface area contributed by atoms with E-state index >= 15 is 0 Å². The molecule has 1 aromatic carbocycles. The molecule has 0 heterocycles. The minimum absolute atomic E-state index is 0.0378. The Morgan fingerprint density at radius 1 is 1.32 bits per heavy atom. The van der Waals surface area contributed by atoms with Crippen LogP contribution in [0.4, 0.5) is 0 Å². The molecule has 8 nitrogen and oxygen atoms in total. The van der Waals surface area contributed by atoms with Crippen molar-refractivity contribution < 1.29 is 27.9 Å². The summed E-state index contributed by atoms with van der Waals surface area (Å²) < 4.78 is 30.8. The molecule has 0 radical (unpaired) electrons. The Labute approximate surface area is 147 Å². The van der Waals surface area contributed by atoms with Gasteiger partial charge in [-0.2, -0.15) is 0 Å². The van der Waals surface area contributed by atoms with Crippen LogP contribution in [0.3, 0.4) is 0 Å². The predicted molar refractivity (Wildman–Crippen MR) is 92.2 cm³/mol. The molecule has 9 heteroatoms. The van der Waals surface area contributed by atoms with Crippen molar-refractivity contribution in [3.05, 3.63) is 23.8 Å². The fraction of sp³-hybridized carbons (Fsp3) is 0.500. The van der Waals surface area contributed by atoms with Gasteiger partial charge in [0.15, 0.2) is 0 Å². The van der Waals surface area contributed by atoms with Gasteiger partial charge in [-0.3, -0.25) is 4.79 Å². The third kappa shape index (κ3) is 4.70. The first-order valence-electron chi connectivity index (χ1n) is 7.70. The van der Waals surface area contributed by atoms with Gasteiger partial charge in [0.25, 0.3) is 5.91 Å². The van der Waals surface area contributed by atoms with Gasteiger partial charge < -0.3 is 15.2 Å². The van der Waals surface area contributed by atoms with Crippen LogP contribution in [-0.4, -0.2) is 57.0 Å². The first-order valence-corrected chi connectivity index (χ1v) is 9.14. The summed E-state index contributed by atoms with van der Waals surface area (Å²) in [6.07, 6.45) is 0.570. The number of sulfonamides is 1. The fourth-order valence-electron chi connectivity index (χ4n) is 2.12. The van der Waals surface area contributed by atoms with E-state index in [9.17, 15) is 23.1 Å². The van der Waals surface area contributed by atoms with E-state index in [-0.39, 0.29) is 22.1 Å². The summed E-state index contributed by atoms with van der Waals surface area (Å²) >= 11 is 0. The molecule has 0 aliphatic heterocycles. The van der Waals surface area contributed by atoms with E-state index in [1.165, 1.54) is 39.4 Å². The van der Waals surface area contributed by atoms with Gasteiger partial charge in [0.1, 0.15) is 16.7 Å². The molecule has 0 aliphatic carbocycles. The number of carbonyl (C=O) groups is 2. The standard InChI is InChI=1S/C16H24N2O6S/c1-6-10(2)14(16(20)21)17-15(19)11-7-8-12(24-5)13(9-11)25(22,23)18(3)4/h7-10,14H,6H2,1-5H3,(H,17,19)(H,20,21)/t10-,14-/m0/s1. The molecule has 140 valence electrons. The second-order valence-electron chi connectivity index (χ2n) is 5.83. The van der Waals surface area contributed by atoms with Gasteiger partial charge in [0.2, 0.25) is 10.0 Å². The van der Waals surface area contributed by atoms with Crippen molar-refractivity contribution in [1.82, 2.24) is 9.62 Å². The molecule has 2 atom stereocenters. The fourth-order valence-corrected chi connectivity index (χ4v) is 3.20. The van der Waals surface area contributed by atoms with Crippen LogP contribution in [-0.2, 0) is 14.8 Å². The molecule has 1 aromatic rings. The molecule has 0 aromatic heterocycles. The van der Waals surface area contributed by atoms with Gasteiger partial charge >= 0.3 is 5.97 Å². The van der Waals surface area contributed by atoms with Crippen molar-refractivity contribution in [2.24, 2.45) is 5.92 Å². The number of amides is 1. The average molecular weight is 372 g/mol. The largest absolute Gasteiger partial charge is 0.495 e. The topological polar surface area (TPSA) is 113 Å². The zero-order chi connectivity index (χ0) is 19.4. The van der Waals surface area contributed by atoms with Crippen molar-refractivity contribution in [2.45, 2.75) is 31.2 Å². The smallest absolute Gasteiger partial charge is 0.326 e. The number of methoxy groups -OCH3 is 1. The Hall–Kier alpha value is -2.13. The van der Waals surface area contributed by atoms with E-state index < -0.39 is 27.9 Å². The van der Waals surface area contributed by atoms with Crippen LogP contribution in [0.25, 0.3) is 0 Å².